The minimum atomic E-state index is -2.07. The Balaban J connectivity index is 3.81. The number of unbranched alkanes of at least 4 members (excludes halogenated alkanes) is 2. The highest BCUT2D eigenvalue weighted by Crippen LogP contribution is 2.12. The molecule has 0 aliphatic rings. The standard InChI is InChI=1S/C11H24O2Si/c1-6-8-9-10-12-14(5,7-2)13-11(3)4/h7,11H,2,6,8-10H2,1,3-5H3. The lowest BCUT2D eigenvalue weighted by Crippen LogP contribution is -2.39. The normalized spacial score (nSPS) is 15.5. The van der Waals surface area contributed by atoms with Gasteiger partial charge >= 0.3 is 8.56 Å². The van der Waals surface area contributed by atoms with Gasteiger partial charge in [0.25, 0.3) is 0 Å². The van der Waals surface area contributed by atoms with Crippen LogP contribution in [0.2, 0.25) is 6.55 Å². The van der Waals surface area contributed by atoms with Crippen molar-refractivity contribution in [3.05, 3.63) is 12.3 Å². The van der Waals surface area contributed by atoms with Crippen LogP contribution in [-0.2, 0) is 8.85 Å². The zero-order chi connectivity index (χ0) is 11.0. The van der Waals surface area contributed by atoms with Crippen molar-refractivity contribution in [3.8, 4) is 0 Å². The molecule has 0 radical (unpaired) electrons. The molecule has 1 atom stereocenters. The molecule has 1 unspecified atom stereocenters. The number of hydrogen-bond donors (Lipinski definition) is 0. The molecule has 0 amide bonds. The topological polar surface area (TPSA) is 18.5 Å². The van der Waals surface area contributed by atoms with Gasteiger partial charge in [-0.05, 0) is 32.5 Å². The Hall–Kier alpha value is -0.123. The van der Waals surface area contributed by atoms with Crippen molar-refractivity contribution in [3.63, 3.8) is 0 Å². The molecule has 84 valence electrons. The molecule has 0 aromatic rings. The Kier molecular flexibility index (Phi) is 7.14. The second kappa shape index (κ2) is 7.21. The fourth-order valence-electron chi connectivity index (χ4n) is 1.24. The van der Waals surface area contributed by atoms with Crippen LogP contribution in [0, 0.1) is 0 Å². The van der Waals surface area contributed by atoms with E-state index in [0.29, 0.717) is 0 Å². The lowest BCUT2D eigenvalue weighted by Gasteiger charge is -2.25. The van der Waals surface area contributed by atoms with Gasteiger partial charge in [-0.15, -0.1) is 6.58 Å². The maximum Gasteiger partial charge on any atom is 0.361 e. The van der Waals surface area contributed by atoms with E-state index in [1.54, 1.807) is 0 Å². The predicted octanol–water partition coefficient (Wildman–Crippen LogP) is 3.42. The maximum atomic E-state index is 5.79. The predicted molar refractivity (Wildman–Crippen MR) is 63.5 cm³/mol. The van der Waals surface area contributed by atoms with Gasteiger partial charge in [0, 0.05) is 12.7 Å². The summed E-state index contributed by atoms with van der Waals surface area (Å²) in [4.78, 5) is 0. The van der Waals surface area contributed by atoms with Crippen LogP contribution in [-0.4, -0.2) is 21.3 Å². The molecule has 0 saturated heterocycles. The lowest BCUT2D eigenvalue weighted by molar-refractivity contribution is 0.144. The molecule has 3 heteroatoms. The van der Waals surface area contributed by atoms with Gasteiger partial charge in [0.05, 0.1) is 0 Å². The first-order chi connectivity index (χ1) is 6.54. The van der Waals surface area contributed by atoms with Gasteiger partial charge in [0.2, 0.25) is 0 Å². The second-order valence-electron chi connectivity index (χ2n) is 3.94. The summed E-state index contributed by atoms with van der Waals surface area (Å²) in [5, 5.41) is 0. The van der Waals surface area contributed by atoms with Crippen molar-refractivity contribution in [2.24, 2.45) is 0 Å². The fraction of sp³-hybridized carbons (Fsp3) is 0.818. The van der Waals surface area contributed by atoms with E-state index in [0.717, 1.165) is 13.0 Å². The Morgan fingerprint density at radius 3 is 2.43 bits per heavy atom. The van der Waals surface area contributed by atoms with Crippen LogP contribution in [0.25, 0.3) is 0 Å². The smallest absolute Gasteiger partial charge is 0.361 e. The van der Waals surface area contributed by atoms with E-state index in [2.05, 4.69) is 13.5 Å². The second-order valence-corrected chi connectivity index (χ2v) is 6.91. The molecule has 0 aliphatic carbocycles. The van der Waals surface area contributed by atoms with Crippen LogP contribution in [0.15, 0.2) is 12.3 Å². The molecule has 2 nitrogen and oxygen atoms in total. The van der Waals surface area contributed by atoms with E-state index >= 15 is 0 Å². The summed E-state index contributed by atoms with van der Waals surface area (Å²) in [5.74, 6) is 0. The minimum absolute atomic E-state index is 0.218. The summed E-state index contributed by atoms with van der Waals surface area (Å²) in [6.45, 7) is 12.9. The highest BCUT2D eigenvalue weighted by Gasteiger charge is 2.28. The van der Waals surface area contributed by atoms with E-state index in [4.69, 9.17) is 8.85 Å². The summed E-state index contributed by atoms with van der Waals surface area (Å²) < 4.78 is 11.6. The molecule has 0 aromatic carbocycles. The van der Waals surface area contributed by atoms with Crippen molar-refractivity contribution < 1.29 is 8.85 Å². The minimum Gasteiger partial charge on any atom is -0.391 e. The molecular weight excluding hydrogens is 192 g/mol. The molecule has 0 bridgehead atoms. The molecule has 0 heterocycles. The van der Waals surface area contributed by atoms with Crippen LogP contribution in [0.1, 0.15) is 40.0 Å². The zero-order valence-electron chi connectivity index (χ0n) is 10.0. The van der Waals surface area contributed by atoms with Crippen molar-refractivity contribution in [1.82, 2.24) is 0 Å². The van der Waals surface area contributed by atoms with Crippen LogP contribution >= 0.6 is 0 Å². The van der Waals surface area contributed by atoms with Gasteiger partial charge in [0.15, 0.2) is 0 Å². The summed E-state index contributed by atoms with van der Waals surface area (Å²) in [6, 6.07) is 0. The van der Waals surface area contributed by atoms with Crippen molar-refractivity contribution >= 4 is 8.56 Å². The highest BCUT2D eigenvalue weighted by atomic mass is 28.4. The van der Waals surface area contributed by atoms with Gasteiger partial charge in [-0.2, -0.15) is 0 Å². The molecule has 0 N–H and O–H groups in total. The van der Waals surface area contributed by atoms with Crippen LogP contribution < -0.4 is 0 Å². The molecule has 14 heavy (non-hydrogen) atoms. The molecule has 0 rings (SSSR count). The third-order valence-electron chi connectivity index (χ3n) is 1.98. The van der Waals surface area contributed by atoms with E-state index < -0.39 is 8.56 Å². The fourth-order valence-corrected chi connectivity index (χ4v) is 3.00. The summed E-state index contributed by atoms with van der Waals surface area (Å²) in [5.41, 5.74) is 1.86. The molecule has 0 aliphatic heterocycles. The Morgan fingerprint density at radius 1 is 1.36 bits per heavy atom. The number of rotatable bonds is 8. The van der Waals surface area contributed by atoms with Gasteiger partial charge in [-0.1, -0.05) is 19.8 Å². The molecule has 0 aromatic heterocycles. The Labute approximate surface area is 89.6 Å². The number of hydrogen-bond acceptors (Lipinski definition) is 2. The largest absolute Gasteiger partial charge is 0.391 e. The van der Waals surface area contributed by atoms with Crippen molar-refractivity contribution in [2.75, 3.05) is 6.61 Å². The van der Waals surface area contributed by atoms with E-state index in [-0.39, 0.29) is 6.10 Å². The van der Waals surface area contributed by atoms with E-state index in [1.165, 1.54) is 12.8 Å². The first kappa shape index (κ1) is 13.9. The summed E-state index contributed by atoms with van der Waals surface area (Å²) in [6.07, 6.45) is 3.79. The molecular formula is C11H24O2Si. The van der Waals surface area contributed by atoms with Gasteiger partial charge in [0.1, 0.15) is 0 Å². The maximum absolute atomic E-state index is 5.79. The molecule has 0 spiro atoms. The van der Waals surface area contributed by atoms with Gasteiger partial charge < -0.3 is 8.85 Å². The first-order valence-corrected chi connectivity index (χ1v) is 7.89. The summed E-state index contributed by atoms with van der Waals surface area (Å²) >= 11 is 0. The van der Waals surface area contributed by atoms with Gasteiger partial charge in [-0.3, -0.25) is 0 Å². The van der Waals surface area contributed by atoms with Gasteiger partial charge in [-0.25, -0.2) is 0 Å². The summed E-state index contributed by atoms with van der Waals surface area (Å²) in [7, 11) is -2.07. The highest BCUT2D eigenvalue weighted by molar-refractivity contribution is 6.71. The third kappa shape index (κ3) is 6.35. The monoisotopic (exact) mass is 216 g/mol. The van der Waals surface area contributed by atoms with Crippen molar-refractivity contribution in [1.29, 1.82) is 0 Å². The van der Waals surface area contributed by atoms with Crippen LogP contribution in [0.5, 0.6) is 0 Å². The Morgan fingerprint density at radius 2 is 2.00 bits per heavy atom. The van der Waals surface area contributed by atoms with E-state index in [1.807, 2.05) is 26.1 Å². The van der Waals surface area contributed by atoms with Crippen molar-refractivity contribution in [2.45, 2.75) is 52.7 Å². The van der Waals surface area contributed by atoms with Crippen LogP contribution in [0.4, 0.5) is 0 Å². The third-order valence-corrected chi connectivity index (χ3v) is 4.44. The van der Waals surface area contributed by atoms with Crippen LogP contribution in [0.3, 0.4) is 0 Å². The van der Waals surface area contributed by atoms with E-state index in [9.17, 15) is 0 Å². The SMILES string of the molecule is C=C[Si](C)(OCCCCC)OC(C)C. The zero-order valence-corrected chi connectivity index (χ0v) is 11.0. The Bertz CT molecular complexity index is 159. The quantitative estimate of drug-likeness (QED) is 0.457. The molecule has 0 fully saturated rings. The average molecular weight is 216 g/mol. The average Bonchev–Trinajstić information content (AvgIpc) is 2.11. The lowest BCUT2D eigenvalue weighted by atomic mass is 10.3. The first-order valence-electron chi connectivity index (χ1n) is 5.49. The molecule has 0 saturated carbocycles.